The van der Waals surface area contributed by atoms with Gasteiger partial charge in [-0.1, -0.05) is 6.92 Å². The van der Waals surface area contributed by atoms with Crippen molar-refractivity contribution in [2.45, 2.75) is 13.3 Å². The molecule has 8 heavy (non-hydrogen) atoms. The van der Waals surface area contributed by atoms with Crippen LogP contribution in [0.3, 0.4) is 0 Å². The van der Waals surface area contributed by atoms with Gasteiger partial charge in [-0.15, -0.1) is 0 Å². The predicted octanol–water partition coefficient (Wildman–Crippen LogP) is -9.84. The van der Waals surface area contributed by atoms with Crippen molar-refractivity contribution in [1.29, 1.82) is 0 Å². The van der Waals surface area contributed by atoms with Crippen LogP contribution in [0, 0.1) is 0 Å². The summed E-state index contributed by atoms with van der Waals surface area (Å²) >= 11 is 0. The number of aliphatic carboxylic acids is 1. The molecule has 0 N–H and O–H groups in total. The van der Waals surface area contributed by atoms with Crippen molar-refractivity contribution in [3.8, 4) is 0 Å². The maximum Gasteiger partial charge on any atom is 1.00 e. The minimum absolute atomic E-state index is 0. The van der Waals surface area contributed by atoms with Crippen LogP contribution in [0.15, 0.2) is 0 Å². The standard InChI is InChI=1S/C3H6O2.ClH.Li.Na/c1-2-3(4)5;;;/h2H2,1H3,(H,4,5);1H;;/q;;2*+1/p-2. The fourth-order valence-corrected chi connectivity index (χ4v) is 0. The molecular weight excluding hydrogens is 133 g/mol. The van der Waals surface area contributed by atoms with E-state index < -0.39 is 5.97 Å². The van der Waals surface area contributed by atoms with Crippen LogP contribution in [0.1, 0.15) is 13.3 Å². The molecule has 0 aromatic carbocycles. The van der Waals surface area contributed by atoms with Gasteiger partial charge in [-0.25, -0.2) is 0 Å². The van der Waals surface area contributed by atoms with Gasteiger partial charge in [-0.2, -0.15) is 0 Å². The monoisotopic (exact) mass is 138 g/mol. The van der Waals surface area contributed by atoms with Gasteiger partial charge in [0.1, 0.15) is 0 Å². The van der Waals surface area contributed by atoms with Gasteiger partial charge in [0.05, 0.1) is 0 Å². The van der Waals surface area contributed by atoms with E-state index in [-0.39, 0.29) is 67.2 Å². The minimum Gasteiger partial charge on any atom is -1.00 e. The third-order valence-corrected chi connectivity index (χ3v) is 0.289. The predicted molar refractivity (Wildman–Crippen MR) is 15.3 cm³/mol. The average molecular weight is 138 g/mol. The number of carbonyl (C=O) groups is 1. The van der Waals surface area contributed by atoms with E-state index in [9.17, 15) is 9.90 Å². The molecular formula is C3H5ClLiNaO2. The van der Waals surface area contributed by atoms with Crippen molar-refractivity contribution in [3.05, 3.63) is 0 Å². The van der Waals surface area contributed by atoms with Crippen molar-refractivity contribution in [2.75, 3.05) is 0 Å². The Morgan fingerprint density at radius 3 is 1.75 bits per heavy atom. The largest absolute Gasteiger partial charge is 1.00 e. The molecule has 0 aromatic rings. The zero-order chi connectivity index (χ0) is 4.28. The van der Waals surface area contributed by atoms with Crippen molar-refractivity contribution in [2.24, 2.45) is 0 Å². The molecule has 0 radical (unpaired) electrons. The van der Waals surface area contributed by atoms with Crippen LogP contribution in [-0.2, 0) is 4.79 Å². The van der Waals surface area contributed by atoms with E-state index in [1.54, 1.807) is 0 Å². The molecule has 0 heterocycles. The Labute approximate surface area is 89.3 Å². The van der Waals surface area contributed by atoms with Crippen LogP contribution < -0.4 is 65.9 Å². The van der Waals surface area contributed by atoms with E-state index in [1.165, 1.54) is 6.92 Å². The second-order valence-corrected chi connectivity index (χ2v) is 0.726. The van der Waals surface area contributed by atoms with E-state index in [2.05, 4.69) is 0 Å². The fourth-order valence-electron chi connectivity index (χ4n) is 0. The van der Waals surface area contributed by atoms with Crippen LogP contribution in [0.5, 0.6) is 0 Å². The summed E-state index contributed by atoms with van der Waals surface area (Å²) in [6.45, 7) is 1.54. The van der Waals surface area contributed by atoms with Gasteiger partial charge in [0.2, 0.25) is 0 Å². The molecule has 0 aliphatic carbocycles. The van der Waals surface area contributed by atoms with Gasteiger partial charge < -0.3 is 22.3 Å². The molecule has 5 heteroatoms. The fraction of sp³-hybridized carbons (Fsp3) is 0.667. The molecule has 0 amide bonds. The number of halogens is 1. The third-order valence-electron chi connectivity index (χ3n) is 0.289. The Bertz CT molecular complexity index is 52.5. The molecule has 0 bridgehead atoms. The second kappa shape index (κ2) is 15.8. The maximum absolute atomic E-state index is 9.26. The van der Waals surface area contributed by atoms with E-state index in [4.69, 9.17) is 0 Å². The van der Waals surface area contributed by atoms with Gasteiger partial charge in [0.15, 0.2) is 0 Å². The number of hydrogen-bond acceptors (Lipinski definition) is 2. The van der Waals surface area contributed by atoms with E-state index in [1.807, 2.05) is 0 Å². The Balaban J connectivity index is -0.0000000267. The first-order chi connectivity index (χ1) is 2.27. The Morgan fingerprint density at radius 2 is 1.75 bits per heavy atom. The van der Waals surface area contributed by atoms with Crippen molar-refractivity contribution in [3.63, 3.8) is 0 Å². The second-order valence-electron chi connectivity index (χ2n) is 0.726. The average Bonchev–Trinajstić information content (AvgIpc) is 1.38. The van der Waals surface area contributed by atoms with Crippen molar-refractivity contribution < 1.29 is 70.7 Å². The summed E-state index contributed by atoms with van der Waals surface area (Å²) in [4.78, 5) is 9.26. The third kappa shape index (κ3) is 26.4. The number of hydrogen-bond donors (Lipinski definition) is 0. The molecule has 0 aliphatic heterocycles. The summed E-state index contributed by atoms with van der Waals surface area (Å²) in [5.74, 6) is -0.995. The molecule has 0 aromatic heterocycles. The van der Waals surface area contributed by atoms with E-state index >= 15 is 0 Å². The Morgan fingerprint density at radius 1 is 1.62 bits per heavy atom. The molecule has 2 nitrogen and oxygen atoms in total. The minimum atomic E-state index is -0.995. The first-order valence-electron chi connectivity index (χ1n) is 1.47. The molecule has 38 valence electrons. The van der Waals surface area contributed by atoms with Gasteiger partial charge in [0, 0.05) is 5.97 Å². The normalized spacial score (nSPS) is 4.62. The summed E-state index contributed by atoms with van der Waals surface area (Å²) in [6.07, 6.45) is 0.111. The summed E-state index contributed by atoms with van der Waals surface area (Å²) < 4.78 is 0. The molecule has 0 fully saturated rings. The topological polar surface area (TPSA) is 40.1 Å². The first-order valence-corrected chi connectivity index (χ1v) is 1.47. The van der Waals surface area contributed by atoms with Crippen LogP contribution in [0.2, 0.25) is 0 Å². The van der Waals surface area contributed by atoms with Crippen LogP contribution in [-0.4, -0.2) is 5.97 Å². The molecule has 0 saturated carbocycles. The summed E-state index contributed by atoms with van der Waals surface area (Å²) in [5.41, 5.74) is 0. The summed E-state index contributed by atoms with van der Waals surface area (Å²) in [7, 11) is 0. The molecule has 0 unspecified atom stereocenters. The van der Waals surface area contributed by atoms with Crippen LogP contribution in [0.25, 0.3) is 0 Å². The number of rotatable bonds is 1. The van der Waals surface area contributed by atoms with Gasteiger partial charge >= 0.3 is 48.4 Å². The number of carboxylic acid groups (broad SMARTS) is 1. The van der Waals surface area contributed by atoms with E-state index in [0.717, 1.165) is 0 Å². The Hall–Kier alpha value is 1.36. The van der Waals surface area contributed by atoms with E-state index in [0.29, 0.717) is 0 Å². The SMILES string of the molecule is CCC(=O)[O-].[Cl-].[Li+].[Na+]. The number of carboxylic acids is 1. The summed E-state index contributed by atoms with van der Waals surface area (Å²) in [5, 5.41) is 9.26. The molecule has 0 saturated heterocycles. The first kappa shape index (κ1) is 22.8. The van der Waals surface area contributed by atoms with Crippen LogP contribution >= 0.6 is 0 Å². The van der Waals surface area contributed by atoms with Crippen molar-refractivity contribution in [1.82, 2.24) is 0 Å². The van der Waals surface area contributed by atoms with Gasteiger partial charge in [-0.05, 0) is 6.42 Å². The molecule has 0 rings (SSSR count). The van der Waals surface area contributed by atoms with Crippen molar-refractivity contribution >= 4 is 5.97 Å². The zero-order valence-corrected chi connectivity index (χ0v) is 8.16. The van der Waals surface area contributed by atoms with Gasteiger partial charge in [-0.3, -0.25) is 0 Å². The van der Waals surface area contributed by atoms with Gasteiger partial charge in [0.25, 0.3) is 0 Å². The molecule has 0 aliphatic rings. The maximum atomic E-state index is 9.26. The number of carbonyl (C=O) groups excluding carboxylic acids is 1. The zero-order valence-electron chi connectivity index (χ0n) is 5.40. The molecule has 0 atom stereocenters. The Kier molecular flexibility index (Phi) is 44.9. The summed E-state index contributed by atoms with van der Waals surface area (Å²) in [6, 6.07) is 0. The van der Waals surface area contributed by atoms with Crippen LogP contribution in [0.4, 0.5) is 0 Å². The molecule has 0 spiro atoms. The quantitative estimate of drug-likeness (QED) is 0.338. The smallest absolute Gasteiger partial charge is 1.00 e.